The first-order valence-corrected chi connectivity index (χ1v) is 9.07. The molecule has 3 N–H and O–H groups in total. The third kappa shape index (κ3) is 5.87. The zero-order chi connectivity index (χ0) is 19.2. The predicted molar refractivity (Wildman–Crippen MR) is 94.1 cm³/mol. The Balaban J connectivity index is 1.81. The minimum atomic E-state index is -3.88. The Morgan fingerprint density at radius 3 is 2.50 bits per heavy atom. The molecular weight excluding hydrogens is 360 g/mol. The van der Waals surface area contributed by atoms with Gasteiger partial charge in [-0.1, -0.05) is 24.3 Å². The SMILES string of the molecule is Cc1ccccc1OCC(=O)OCC(=O)Nc1cccc(S(N)(=O)=O)c1. The van der Waals surface area contributed by atoms with E-state index in [-0.39, 0.29) is 17.2 Å². The second kappa shape index (κ2) is 8.45. The summed E-state index contributed by atoms with van der Waals surface area (Å²) in [6.45, 7) is 0.971. The number of benzene rings is 2. The van der Waals surface area contributed by atoms with Crippen LogP contribution in [0.2, 0.25) is 0 Å². The van der Waals surface area contributed by atoms with Crippen LogP contribution in [0, 0.1) is 6.92 Å². The summed E-state index contributed by atoms with van der Waals surface area (Å²) >= 11 is 0. The number of ether oxygens (including phenoxy) is 2. The number of carbonyl (C=O) groups is 2. The van der Waals surface area contributed by atoms with Gasteiger partial charge < -0.3 is 14.8 Å². The molecule has 0 spiro atoms. The Morgan fingerprint density at radius 1 is 1.08 bits per heavy atom. The molecule has 0 atom stereocenters. The number of nitrogens with one attached hydrogen (secondary N) is 1. The molecule has 2 rings (SSSR count). The maximum atomic E-state index is 11.8. The topological polar surface area (TPSA) is 125 Å². The molecule has 1 amide bonds. The van der Waals surface area contributed by atoms with Gasteiger partial charge in [0.1, 0.15) is 5.75 Å². The van der Waals surface area contributed by atoms with E-state index in [1.54, 1.807) is 12.1 Å². The Labute approximate surface area is 151 Å². The van der Waals surface area contributed by atoms with E-state index in [1.165, 1.54) is 24.3 Å². The predicted octanol–water partition coefficient (Wildman–Crippen LogP) is 1.20. The molecular formula is C17H18N2O6S. The highest BCUT2D eigenvalue weighted by molar-refractivity contribution is 7.89. The Bertz CT molecular complexity index is 911. The van der Waals surface area contributed by atoms with Crippen LogP contribution in [0.4, 0.5) is 5.69 Å². The van der Waals surface area contributed by atoms with Crippen molar-refractivity contribution in [2.24, 2.45) is 5.14 Å². The fourth-order valence-corrected chi connectivity index (χ4v) is 2.55. The van der Waals surface area contributed by atoms with E-state index in [2.05, 4.69) is 5.32 Å². The first kappa shape index (κ1) is 19.4. The quantitative estimate of drug-likeness (QED) is 0.698. The first-order chi connectivity index (χ1) is 12.3. The Kier molecular flexibility index (Phi) is 6.31. The maximum Gasteiger partial charge on any atom is 0.344 e. The summed E-state index contributed by atoms with van der Waals surface area (Å²) in [6, 6.07) is 12.6. The van der Waals surface area contributed by atoms with Crippen LogP contribution in [-0.4, -0.2) is 33.5 Å². The van der Waals surface area contributed by atoms with Crippen molar-refractivity contribution in [3.05, 3.63) is 54.1 Å². The number of hydrogen-bond acceptors (Lipinski definition) is 6. The third-order valence-corrected chi connectivity index (χ3v) is 4.16. The van der Waals surface area contributed by atoms with Gasteiger partial charge in [0.2, 0.25) is 10.0 Å². The van der Waals surface area contributed by atoms with Crippen LogP contribution in [0.25, 0.3) is 0 Å². The van der Waals surface area contributed by atoms with Crippen LogP contribution < -0.4 is 15.2 Å². The van der Waals surface area contributed by atoms with Crippen LogP contribution >= 0.6 is 0 Å². The van der Waals surface area contributed by atoms with Gasteiger partial charge in [0.25, 0.3) is 5.91 Å². The molecule has 0 fully saturated rings. The largest absolute Gasteiger partial charge is 0.482 e. The second-order valence-electron chi connectivity index (χ2n) is 5.34. The highest BCUT2D eigenvalue weighted by Crippen LogP contribution is 2.16. The van der Waals surface area contributed by atoms with E-state index < -0.39 is 28.5 Å². The zero-order valence-corrected chi connectivity index (χ0v) is 14.8. The highest BCUT2D eigenvalue weighted by Gasteiger charge is 2.12. The van der Waals surface area contributed by atoms with Crippen molar-refractivity contribution >= 4 is 27.6 Å². The van der Waals surface area contributed by atoms with Crippen LogP contribution in [0.5, 0.6) is 5.75 Å². The molecule has 2 aromatic rings. The molecule has 8 nitrogen and oxygen atoms in total. The number of aryl methyl sites for hydroxylation is 1. The number of hydrogen-bond donors (Lipinski definition) is 2. The number of amides is 1. The van der Waals surface area contributed by atoms with E-state index >= 15 is 0 Å². The van der Waals surface area contributed by atoms with Gasteiger partial charge in [-0.05, 0) is 36.8 Å². The fraction of sp³-hybridized carbons (Fsp3) is 0.176. The lowest BCUT2D eigenvalue weighted by Gasteiger charge is -2.09. The second-order valence-corrected chi connectivity index (χ2v) is 6.90. The summed E-state index contributed by atoms with van der Waals surface area (Å²) in [4.78, 5) is 23.3. The van der Waals surface area contributed by atoms with Crippen molar-refractivity contribution in [2.75, 3.05) is 18.5 Å². The average Bonchev–Trinajstić information content (AvgIpc) is 2.59. The fourth-order valence-electron chi connectivity index (χ4n) is 1.99. The van der Waals surface area contributed by atoms with Gasteiger partial charge in [-0.25, -0.2) is 18.4 Å². The van der Waals surface area contributed by atoms with Gasteiger partial charge in [-0.2, -0.15) is 0 Å². The van der Waals surface area contributed by atoms with Gasteiger partial charge in [0.15, 0.2) is 13.2 Å². The standard InChI is InChI=1S/C17H18N2O6S/c1-12-5-2-3-8-15(12)24-11-17(21)25-10-16(20)19-13-6-4-7-14(9-13)26(18,22)23/h2-9H,10-11H2,1H3,(H,19,20)(H2,18,22,23). The van der Waals surface area contributed by atoms with E-state index in [1.807, 2.05) is 19.1 Å². The molecule has 0 unspecified atom stereocenters. The maximum absolute atomic E-state index is 11.8. The number of primary sulfonamides is 1. The number of anilines is 1. The van der Waals surface area contributed by atoms with E-state index in [0.717, 1.165) is 5.56 Å². The molecule has 0 aliphatic rings. The van der Waals surface area contributed by atoms with E-state index in [9.17, 15) is 18.0 Å². The summed E-state index contributed by atoms with van der Waals surface area (Å²) < 4.78 is 32.7. The third-order valence-electron chi connectivity index (χ3n) is 3.25. The number of sulfonamides is 1. The van der Waals surface area contributed by atoms with E-state index in [0.29, 0.717) is 5.75 Å². The average molecular weight is 378 g/mol. The number of esters is 1. The summed E-state index contributed by atoms with van der Waals surface area (Å²) in [5, 5.41) is 7.44. The molecule has 0 saturated heterocycles. The van der Waals surface area contributed by atoms with Crippen molar-refractivity contribution in [1.82, 2.24) is 0 Å². The molecule has 0 aromatic heterocycles. The number of nitrogens with two attached hydrogens (primary N) is 1. The molecule has 138 valence electrons. The lowest BCUT2D eigenvalue weighted by atomic mass is 10.2. The minimum Gasteiger partial charge on any atom is -0.482 e. The summed E-state index contributed by atoms with van der Waals surface area (Å²) in [5.41, 5.74) is 1.08. The van der Waals surface area contributed by atoms with Crippen LogP contribution in [0.1, 0.15) is 5.56 Å². The summed E-state index contributed by atoms with van der Waals surface area (Å²) in [6.07, 6.45) is 0. The number of para-hydroxylation sites is 1. The molecule has 0 aliphatic heterocycles. The Hall–Kier alpha value is -2.91. The van der Waals surface area contributed by atoms with E-state index in [4.69, 9.17) is 14.6 Å². The van der Waals surface area contributed by atoms with Gasteiger partial charge in [0.05, 0.1) is 4.90 Å². The molecule has 0 radical (unpaired) electrons. The number of carbonyl (C=O) groups excluding carboxylic acids is 2. The molecule has 0 saturated carbocycles. The highest BCUT2D eigenvalue weighted by atomic mass is 32.2. The van der Waals surface area contributed by atoms with Gasteiger partial charge in [-0.3, -0.25) is 4.79 Å². The number of rotatable bonds is 7. The van der Waals surface area contributed by atoms with Gasteiger partial charge in [0, 0.05) is 5.69 Å². The minimum absolute atomic E-state index is 0.140. The smallest absolute Gasteiger partial charge is 0.344 e. The van der Waals surface area contributed by atoms with Crippen molar-refractivity contribution in [1.29, 1.82) is 0 Å². The van der Waals surface area contributed by atoms with Gasteiger partial charge >= 0.3 is 5.97 Å². The van der Waals surface area contributed by atoms with Crippen LogP contribution in [0.15, 0.2) is 53.4 Å². The molecule has 0 bridgehead atoms. The lowest BCUT2D eigenvalue weighted by Crippen LogP contribution is -2.24. The van der Waals surface area contributed by atoms with Crippen molar-refractivity contribution in [3.63, 3.8) is 0 Å². The molecule has 0 aliphatic carbocycles. The first-order valence-electron chi connectivity index (χ1n) is 7.52. The van der Waals surface area contributed by atoms with Gasteiger partial charge in [-0.15, -0.1) is 0 Å². The Morgan fingerprint density at radius 2 is 1.81 bits per heavy atom. The zero-order valence-electron chi connectivity index (χ0n) is 14.0. The van der Waals surface area contributed by atoms with Crippen molar-refractivity contribution < 1.29 is 27.5 Å². The normalized spacial score (nSPS) is 10.8. The summed E-state index contributed by atoms with van der Waals surface area (Å²) in [5.74, 6) is -0.781. The lowest BCUT2D eigenvalue weighted by molar-refractivity contribution is -0.149. The van der Waals surface area contributed by atoms with Crippen molar-refractivity contribution in [3.8, 4) is 5.75 Å². The molecule has 9 heteroatoms. The summed E-state index contributed by atoms with van der Waals surface area (Å²) in [7, 11) is -3.88. The van der Waals surface area contributed by atoms with Crippen LogP contribution in [0.3, 0.4) is 0 Å². The monoisotopic (exact) mass is 378 g/mol. The molecule has 2 aromatic carbocycles. The molecule has 0 heterocycles. The van der Waals surface area contributed by atoms with Crippen LogP contribution in [-0.2, 0) is 24.3 Å². The molecule has 26 heavy (non-hydrogen) atoms. The van der Waals surface area contributed by atoms with Crippen molar-refractivity contribution in [2.45, 2.75) is 11.8 Å².